The molecule has 1 N–H and O–H groups in total. The summed E-state index contributed by atoms with van der Waals surface area (Å²) < 4.78 is 25.2. The highest BCUT2D eigenvalue weighted by molar-refractivity contribution is 6.31. The average Bonchev–Trinajstić information content (AvgIpc) is 2.20. The Kier molecular flexibility index (Phi) is 4.91. The molecule has 0 spiro atoms. The Morgan fingerprint density at radius 3 is 2.80 bits per heavy atom. The fourth-order valence-electron chi connectivity index (χ4n) is 1.32. The van der Waals surface area contributed by atoms with Gasteiger partial charge in [0.2, 0.25) is 0 Å². The second kappa shape index (κ2) is 5.98. The maximum atomic E-state index is 12.6. The van der Waals surface area contributed by atoms with E-state index in [1.54, 1.807) is 19.2 Å². The van der Waals surface area contributed by atoms with E-state index in [0.29, 0.717) is 17.1 Å². The minimum atomic E-state index is -2.39. The molecular formula is C10H13ClF2N2. The molecule has 15 heavy (non-hydrogen) atoms. The molecule has 0 aliphatic carbocycles. The van der Waals surface area contributed by atoms with Gasteiger partial charge in [0.15, 0.2) is 0 Å². The molecule has 2 nitrogen and oxygen atoms in total. The van der Waals surface area contributed by atoms with Crippen LogP contribution in [0.5, 0.6) is 0 Å². The van der Waals surface area contributed by atoms with Crippen LogP contribution in [0, 0.1) is 0 Å². The highest BCUT2D eigenvalue weighted by Crippen LogP contribution is 2.17. The van der Waals surface area contributed by atoms with Crippen LogP contribution in [0.3, 0.4) is 0 Å². The molecule has 1 aromatic heterocycles. The number of rotatable bonds is 5. The second-order valence-corrected chi connectivity index (χ2v) is 3.58. The maximum Gasteiger partial charge on any atom is 0.254 e. The van der Waals surface area contributed by atoms with Crippen molar-refractivity contribution in [1.29, 1.82) is 0 Å². The van der Waals surface area contributed by atoms with E-state index in [1.165, 1.54) is 6.20 Å². The van der Waals surface area contributed by atoms with Crippen LogP contribution in [0.4, 0.5) is 8.78 Å². The molecule has 0 bridgehead atoms. The van der Waals surface area contributed by atoms with E-state index in [2.05, 4.69) is 10.3 Å². The minimum Gasteiger partial charge on any atom is -0.309 e. The highest BCUT2D eigenvalue weighted by atomic mass is 35.5. The summed E-state index contributed by atoms with van der Waals surface area (Å²) in [5.41, 5.74) is 0.693. The second-order valence-electron chi connectivity index (χ2n) is 3.17. The number of nitrogens with one attached hydrogen (secondary N) is 1. The Bertz CT molecular complexity index is 307. The van der Waals surface area contributed by atoms with Crippen LogP contribution in [0.25, 0.3) is 0 Å². The summed E-state index contributed by atoms with van der Waals surface area (Å²) in [6.45, 7) is 2.31. The van der Waals surface area contributed by atoms with E-state index in [0.717, 1.165) is 0 Å². The van der Waals surface area contributed by atoms with Crippen LogP contribution in [0.2, 0.25) is 5.02 Å². The summed E-state index contributed by atoms with van der Waals surface area (Å²) in [6, 6.07) is 0.810. The van der Waals surface area contributed by atoms with Gasteiger partial charge in [0.25, 0.3) is 6.43 Å². The predicted molar refractivity (Wildman–Crippen MR) is 56.4 cm³/mol. The van der Waals surface area contributed by atoms with Crippen molar-refractivity contribution >= 4 is 11.6 Å². The van der Waals surface area contributed by atoms with Crippen LogP contribution < -0.4 is 5.32 Å². The fourth-order valence-corrected chi connectivity index (χ4v) is 1.52. The molecule has 0 saturated carbocycles. The van der Waals surface area contributed by atoms with E-state index >= 15 is 0 Å². The third-order valence-electron chi connectivity index (χ3n) is 2.07. The zero-order chi connectivity index (χ0) is 11.3. The third kappa shape index (κ3) is 3.72. The summed E-state index contributed by atoms with van der Waals surface area (Å²) in [4.78, 5) is 3.80. The first-order valence-corrected chi connectivity index (χ1v) is 5.12. The lowest BCUT2D eigenvalue weighted by Gasteiger charge is -2.17. The molecule has 0 radical (unpaired) electrons. The van der Waals surface area contributed by atoms with Crippen LogP contribution >= 0.6 is 11.6 Å². The summed E-state index contributed by atoms with van der Waals surface area (Å²) in [5.74, 6) is 0. The van der Waals surface area contributed by atoms with Crippen molar-refractivity contribution in [2.45, 2.75) is 25.8 Å². The first-order chi connectivity index (χ1) is 7.15. The number of nitrogens with zero attached hydrogens (tertiary/aromatic N) is 1. The van der Waals surface area contributed by atoms with Crippen molar-refractivity contribution in [3.8, 4) is 0 Å². The molecular weight excluding hydrogens is 222 g/mol. The lowest BCUT2D eigenvalue weighted by Crippen LogP contribution is -2.37. The largest absolute Gasteiger partial charge is 0.309 e. The van der Waals surface area contributed by atoms with Gasteiger partial charge in [-0.2, -0.15) is 0 Å². The van der Waals surface area contributed by atoms with E-state index in [4.69, 9.17) is 11.6 Å². The molecule has 1 aromatic rings. The molecule has 1 rings (SSSR count). The van der Waals surface area contributed by atoms with E-state index < -0.39 is 12.5 Å². The van der Waals surface area contributed by atoms with Crippen molar-refractivity contribution in [3.05, 3.63) is 29.0 Å². The summed E-state index contributed by atoms with van der Waals surface area (Å²) in [7, 11) is 0. The van der Waals surface area contributed by atoms with Crippen LogP contribution in [-0.2, 0) is 6.42 Å². The van der Waals surface area contributed by atoms with Gasteiger partial charge in [-0.15, -0.1) is 0 Å². The number of aromatic nitrogens is 1. The van der Waals surface area contributed by atoms with Gasteiger partial charge in [0, 0.05) is 12.4 Å². The Morgan fingerprint density at radius 1 is 1.53 bits per heavy atom. The Labute approximate surface area is 92.7 Å². The number of hydrogen-bond acceptors (Lipinski definition) is 2. The summed E-state index contributed by atoms with van der Waals surface area (Å²) >= 11 is 5.84. The Hall–Kier alpha value is -0.740. The first-order valence-electron chi connectivity index (χ1n) is 4.75. The maximum absolute atomic E-state index is 12.6. The summed E-state index contributed by atoms with van der Waals surface area (Å²) in [5, 5.41) is 3.16. The van der Waals surface area contributed by atoms with Crippen molar-refractivity contribution < 1.29 is 8.78 Å². The van der Waals surface area contributed by atoms with Gasteiger partial charge in [-0.05, 0) is 24.6 Å². The zero-order valence-electron chi connectivity index (χ0n) is 8.38. The molecule has 0 saturated heterocycles. The summed E-state index contributed by atoms with van der Waals surface area (Å²) in [6.07, 6.45) is 0.836. The molecule has 0 aliphatic heterocycles. The van der Waals surface area contributed by atoms with Gasteiger partial charge in [-0.25, -0.2) is 8.78 Å². The molecule has 84 valence electrons. The van der Waals surface area contributed by atoms with Gasteiger partial charge in [0.05, 0.1) is 11.1 Å². The van der Waals surface area contributed by atoms with Gasteiger partial charge >= 0.3 is 0 Å². The molecule has 0 aromatic carbocycles. The molecule has 1 unspecified atom stereocenters. The molecule has 1 heterocycles. The fraction of sp³-hybridized carbons (Fsp3) is 0.500. The average molecular weight is 235 g/mol. The lowest BCUT2D eigenvalue weighted by atomic mass is 10.1. The smallest absolute Gasteiger partial charge is 0.254 e. The molecule has 0 aliphatic rings. The van der Waals surface area contributed by atoms with Crippen LogP contribution in [-0.4, -0.2) is 24.0 Å². The molecule has 0 amide bonds. The Morgan fingerprint density at radius 2 is 2.27 bits per heavy atom. The van der Waals surface area contributed by atoms with Crippen molar-refractivity contribution in [2.24, 2.45) is 0 Å². The SMILES string of the molecule is CCNC(Cc1ccncc1Cl)C(F)F. The van der Waals surface area contributed by atoms with E-state index in [-0.39, 0.29) is 6.42 Å². The number of alkyl halides is 2. The number of hydrogen-bond donors (Lipinski definition) is 1. The third-order valence-corrected chi connectivity index (χ3v) is 2.41. The minimum absolute atomic E-state index is 0.215. The van der Waals surface area contributed by atoms with Gasteiger partial charge in [0.1, 0.15) is 0 Å². The van der Waals surface area contributed by atoms with Gasteiger partial charge < -0.3 is 5.32 Å². The van der Waals surface area contributed by atoms with Crippen LogP contribution in [0.15, 0.2) is 18.5 Å². The zero-order valence-corrected chi connectivity index (χ0v) is 9.14. The van der Waals surface area contributed by atoms with E-state index in [1.807, 2.05) is 0 Å². The van der Waals surface area contributed by atoms with Crippen molar-refractivity contribution in [1.82, 2.24) is 10.3 Å². The van der Waals surface area contributed by atoms with Crippen LogP contribution in [0.1, 0.15) is 12.5 Å². The Balaban J connectivity index is 2.69. The van der Waals surface area contributed by atoms with Crippen molar-refractivity contribution in [3.63, 3.8) is 0 Å². The molecule has 0 fully saturated rings. The normalized spacial score (nSPS) is 13.1. The first kappa shape index (κ1) is 12.3. The molecule has 1 atom stereocenters. The number of halogens is 3. The molecule has 5 heteroatoms. The highest BCUT2D eigenvalue weighted by Gasteiger charge is 2.20. The number of likely N-dealkylation sites (N-methyl/N-ethyl adjacent to an activating group) is 1. The standard InChI is InChI=1S/C10H13ClF2N2/c1-2-15-9(10(12)13)5-7-3-4-14-6-8(7)11/h3-4,6,9-10,15H,2,5H2,1H3. The topological polar surface area (TPSA) is 24.9 Å². The van der Waals surface area contributed by atoms with Gasteiger partial charge in [-0.3, -0.25) is 4.98 Å². The predicted octanol–water partition coefficient (Wildman–Crippen LogP) is 2.52. The van der Waals surface area contributed by atoms with E-state index in [9.17, 15) is 8.78 Å². The van der Waals surface area contributed by atoms with Crippen molar-refractivity contribution in [2.75, 3.05) is 6.54 Å². The number of pyridine rings is 1. The lowest BCUT2D eigenvalue weighted by molar-refractivity contribution is 0.0991. The quantitative estimate of drug-likeness (QED) is 0.847. The monoisotopic (exact) mass is 234 g/mol. The van der Waals surface area contributed by atoms with Gasteiger partial charge in [-0.1, -0.05) is 18.5 Å².